The molecule has 1 aromatic heterocycles. The van der Waals surface area contributed by atoms with Crippen molar-refractivity contribution in [3.63, 3.8) is 0 Å². The Kier molecular flexibility index (Phi) is 5.20. The summed E-state index contributed by atoms with van der Waals surface area (Å²) in [7, 11) is 1.98. The van der Waals surface area contributed by atoms with Crippen LogP contribution in [0.5, 0.6) is 0 Å². The summed E-state index contributed by atoms with van der Waals surface area (Å²) in [6.07, 6.45) is 7.56. The molecule has 2 heterocycles. The van der Waals surface area contributed by atoms with E-state index in [0.717, 1.165) is 44.0 Å². The number of aromatic nitrogens is 1. The molecule has 1 N–H and O–H groups in total. The van der Waals surface area contributed by atoms with Crippen LogP contribution in [0.3, 0.4) is 0 Å². The number of hydrogen-bond acceptors (Lipinski definition) is 4. The van der Waals surface area contributed by atoms with E-state index in [1.165, 1.54) is 19.4 Å². The number of rotatable bonds is 7. The number of likely N-dealkylation sites (tertiary alicyclic amines) is 1. The third kappa shape index (κ3) is 3.56. The maximum Gasteiger partial charge on any atom is 0.195 e. The molecule has 4 nitrogen and oxygen atoms in total. The van der Waals surface area contributed by atoms with Gasteiger partial charge in [-0.25, -0.2) is 4.98 Å². The van der Waals surface area contributed by atoms with Gasteiger partial charge in [-0.15, -0.1) is 0 Å². The minimum atomic E-state index is 0.638. The van der Waals surface area contributed by atoms with E-state index in [4.69, 9.17) is 4.42 Å². The lowest BCUT2D eigenvalue weighted by Gasteiger charge is -2.21. The number of oxazole rings is 1. The van der Waals surface area contributed by atoms with E-state index in [1.54, 1.807) is 0 Å². The van der Waals surface area contributed by atoms with Crippen molar-refractivity contribution in [3.8, 4) is 0 Å². The number of nitrogens with one attached hydrogen (secondary N) is 1. The van der Waals surface area contributed by atoms with Gasteiger partial charge in [0.05, 0.1) is 6.20 Å². The second-order valence-corrected chi connectivity index (χ2v) is 5.06. The van der Waals surface area contributed by atoms with Crippen molar-refractivity contribution in [1.29, 1.82) is 0 Å². The fraction of sp³-hybridized carbons (Fsp3) is 0.786. The first-order valence-electron chi connectivity index (χ1n) is 7.15. The van der Waals surface area contributed by atoms with Gasteiger partial charge in [-0.05, 0) is 45.9 Å². The first-order chi connectivity index (χ1) is 8.83. The van der Waals surface area contributed by atoms with Gasteiger partial charge in [-0.2, -0.15) is 0 Å². The van der Waals surface area contributed by atoms with Crippen LogP contribution >= 0.6 is 0 Å². The first-order valence-corrected chi connectivity index (χ1v) is 7.15. The smallest absolute Gasteiger partial charge is 0.195 e. The van der Waals surface area contributed by atoms with Gasteiger partial charge in [-0.3, -0.25) is 0 Å². The molecule has 1 unspecified atom stereocenters. The van der Waals surface area contributed by atoms with Crippen LogP contribution in [0.25, 0.3) is 0 Å². The summed E-state index contributed by atoms with van der Waals surface area (Å²) < 4.78 is 5.82. The van der Waals surface area contributed by atoms with Crippen molar-refractivity contribution in [2.75, 3.05) is 26.7 Å². The minimum Gasteiger partial charge on any atom is -0.446 e. The molecular formula is C14H25N3O. The summed E-state index contributed by atoms with van der Waals surface area (Å²) in [5, 5.41) is 3.15. The molecule has 1 aromatic rings. The molecule has 1 atom stereocenters. The van der Waals surface area contributed by atoms with Gasteiger partial charge in [0.15, 0.2) is 5.89 Å². The lowest BCUT2D eigenvalue weighted by atomic mass is 10.1. The Morgan fingerprint density at radius 1 is 1.56 bits per heavy atom. The summed E-state index contributed by atoms with van der Waals surface area (Å²) in [5.41, 5.74) is 0. The molecule has 0 spiro atoms. The number of hydrogen-bond donors (Lipinski definition) is 1. The molecule has 0 aliphatic carbocycles. The average Bonchev–Trinajstić information content (AvgIpc) is 2.99. The van der Waals surface area contributed by atoms with Crippen LogP contribution in [0.4, 0.5) is 0 Å². The van der Waals surface area contributed by atoms with Gasteiger partial charge in [-0.1, -0.05) is 6.92 Å². The number of nitrogens with zero attached hydrogens (tertiary/aromatic N) is 2. The van der Waals surface area contributed by atoms with Crippen LogP contribution in [0.15, 0.2) is 10.6 Å². The number of likely N-dealkylation sites (N-methyl/N-ethyl adjacent to an activating group) is 1. The quantitative estimate of drug-likeness (QED) is 0.751. The van der Waals surface area contributed by atoms with Gasteiger partial charge < -0.3 is 14.6 Å². The maximum absolute atomic E-state index is 5.82. The molecule has 2 rings (SSSR count). The van der Waals surface area contributed by atoms with Crippen molar-refractivity contribution in [2.45, 2.75) is 45.1 Å². The maximum atomic E-state index is 5.82. The normalized spacial score (nSPS) is 20.7. The second-order valence-electron chi connectivity index (χ2n) is 5.06. The lowest BCUT2D eigenvalue weighted by molar-refractivity contribution is 0.252. The van der Waals surface area contributed by atoms with Gasteiger partial charge in [0.1, 0.15) is 5.76 Å². The van der Waals surface area contributed by atoms with Gasteiger partial charge >= 0.3 is 0 Å². The zero-order valence-electron chi connectivity index (χ0n) is 11.6. The lowest BCUT2D eigenvalue weighted by Crippen LogP contribution is -2.30. The zero-order chi connectivity index (χ0) is 12.8. The Labute approximate surface area is 110 Å². The molecule has 0 aromatic carbocycles. The van der Waals surface area contributed by atoms with Crippen LogP contribution in [0.2, 0.25) is 0 Å². The van der Waals surface area contributed by atoms with Gasteiger partial charge in [0, 0.05) is 18.9 Å². The topological polar surface area (TPSA) is 41.3 Å². The highest BCUT2D eigenvalue weighted by Gasteiger charge is 2.24. The highest BCUT2D eigenvalue weighted by atomic mass is 16.4. The van der Waals surface area contributed by atoms with E-state index in [1.807, 2.05) is 13.2 Å². The molecule has 1 fully saturated rings. The first kappa shape index (κ1) is 13.6. The Morgan fingerprint density at radius 3 is 3.22 bits per heavy atom. The van der Waals surface area contributed by atoms with Crippen LogP contribution in [0, 0.1) is 0 Å². The van der Waals surface area contributed by atoms with Crippen LogP contribution in [-0.4, -0.2) is 42.6 Å². The molecule has 1 aliphatic heterocycles. The highest BCUT2D eigenvalue weighted by molar-refractivity contribution is 4.97. The predicted octanol–water partition coefficient (Wildman–Crippen LogP) is 1.85. The Hall–Kier alpha value is -0.870. The SMILES string of the molecule is CCN1CCCC1Cc1ncc(CCCNC)o1. The standard InChI is InChI=1S/C14H25N3O/c1-3-17-9-5-6-12(17)10-14-16-11-13(18-14)7-4-8-15-2/h11-12,15H,3-10H2,1-2H3. The van der Waals surface area contributed by atoms with E-state index in [-0.39, 0.29) is 0 Å². The monoisotopic (exact) mass is 251 g/mol. The van der Waals surface area contributed by atoms with E-state index in [0.29, 0.717) is 6.04 Å². The van der Waals surface area contributed by atoms with Crippen LogP contribution < -0.4 is 5.32 Å². The molecule has 4 heteroatoms. The van der Waals surface area contributed by atoms with Crippen molar-refractivity contribution >= 4 is 0 Å². The van der Waals surface area contributed by atoms with E-state index in [2.05, 4.69) is 22.1 Å². The molecule has 0 amide bonds. The summed E-state index contributed by atoms with van der Waals surface area (Å²) in [6.45, 7) is 5.64. The Balaban J connectivity index is 1.82. The largest absolute Gasteiger partial charge is 0.446 e. The van der Waals surface area contributed by atoms with E-state index < -0.39 is 0 Å². The third-order valence-corrected chi connectivity index (χ3v) is 3.77. The average molecular weight is 251 g/mol. The van der Waals surface area contributed by atoms with Crippen molar-refractivity contribution in [3.05, 3.63) is 17.8 Å². The Morgan fingerprint density at radius 2 is 2.44 bits per heavy atom. The van der Waals surface area contributed by atoms with Crippen LogP contribution in [0.1, 0.15) is 37.8 Å². The summed E-state index contributed by atoms with van der Waals surface area (Å²) in [5.74, 6) is 1.95. The molecular weight excluding hydrogens is 226 g/mol. The predicted molar refractivity (Wildman–Crippen MR) is 72.7 cm³/mol. The molecule has 18 heavy (non-hydrogen) atoms. The van der Waals surface area contributed by atoms with Crippen molar-refractivity contribution < 1.29 is 4.42 Å². The Bertz CT molecular complexity index is 351. The van der Waals surface area contributed by atoms with Gasteiger partial charge in [0.25, 0.3) is 0 Å². The van der Waals surface area contributed by atoms with E-state index >= 15 is 0 Å². The second kappa shape index (κ2) is 6.90. The third-order valence-electron chi connectivity index (χ3n) is 3.77. The zero-order valence-corrected chi connectivity index (χ0v) is 11.6. The van der Waals surface area contributed by atoms with E-state index in [9.17, 15) is 0 Å². The summed E-state index contributed by atoms with van der Waals surface area (Å²) in [6, 6.07) is 0.638. The minimum absolute atomic E-state index is 0.638. The van der Waals surface area contributed by atoms with Crippen molar-refractivity contribution in [1.82, 2.24) is 15.2 Å². The molecule has 0 radical (unpaired) electrons. The molecule has 0 bridgehead atoms. The fourth-order valence-corrected chi connectivity index (χ4v) is 2.74. The molecule has 0 saturated carbocycles. The van der Waals surface area contributed by atoms with Gasteiger partial charge in [0.2, 0.25) is 0 Å². The molecule has 102 valence electrons. The molecule has 1 saturated heterocycles. The summed E-state index contributed by atoms with van der Waals surface area (Å²) in [4.78, 5) is 6.95. The fourth-order valence-electron chi connectivity index (χ4n) is 2.74. The highest BCUT2D eigenvalue weighted by Crippen LogP contribution is 2.20. The van der Waals surface area contributed by atoms with Crippen molar-refractivity contribution in [2.24, 2.45) is 0 Å². The summed E-state index contributed by atoms with van der Waals surface area (Å²) >= 11 is 0. The molecule has 1 aliphatic rings. The van der Waals surface area contributed by atoms with Crippen LogP contribution in [-0.2, 0) is 12.8 Å². The number of aryl methyl sites for hydroxylation is 1.